The highest BCUT2D eigenvalue weighted by atomic mass is 79.9. The van der Waals surface area contributed by atoms with Crippen molar-refractivity contribution in [1.82, 2.24) is 4.90 Å². The van der Waals surface area contributed by atoms with Crippen molar-refractivity contribution in [1.29, 1.82) is 0 Å². The van der Waals surface area contributed by atoms with Crippen molar-refractivity contribution in [2.75, 3.05) is 6.54 Å². The Labute approximate surface area is 140 Å². The lowest BCUT2D eigenvalue weighted by Gasteiger charge is -2.33. The van der Waals surface area contributed by atoms with Crippen LogP contribution in [-0.2, 0) is 11.3 Å². The first-order chi connectivity index (χ1) is 10.1. The van der Waals surface area contributed by atoms with E-state index in [0.717, 1.165) is 53.8 Å². The van der Waals surface area contributed by atoms with Crippen molar-refractivity contribution in [3.8, 4) is 0 Å². The number of likely N-dealkylation sites (tertiary alicyclic amines) is 1. The first-order valence-corrected chi connectivity index (χ1v) is 9.03. The van der Waals surface area contributed by atoms with Crippen LogP contribution in [0.15, 0.2) is 22.7 Å². The number of carbonyl (C=O) groups excluding carboxylic acids is 1. The van der Waals surface area contributed by atoms with Crippen molar-refractivity contribution in [2.45, 2.75) is 51.1 Å². The molecule has 2 fully saturated rings. The van der Waals surface area contributed by atoms with E-state index < -0.39 is 0 Å². The fraction of sp³-hybridized carbons (Fsp3) is 0.588. The zero-order chi connectivity index (χ0) is 14.8. The Morgan fingerprint density at radius 1 is 1.24 bits per heavy atom. The van der Waals surface area contributed by atoms with Gasteiger partial charge in [-0.3, -0.25) is 9.69 Å². The molecule has 1 aliphatic carbocycles. The van der Waals surface area contributed by atoms with Crippen molar-refractivity contribution in [3.63, 3.8) is 0 Å². The molecule has 1 heterocycles. The van der Waals surface area contributed by atoms with E-state index in [-0.39, 0.29) is 5.92 Å². The number of hydrogen-bond acceptors (Lipinski definition) is 2. The molecule has 2 atom stereocenters. The van der Waals surface area contributed by atoms with Gasteiger partial charge in [0.15, 0.2) is 0 Å². The number of benzene rings is 1. The molecule has 0 spiro atoms. The van der Waals surface area contributed by atoms with E-state index in [9.17, 15) is 4.79 Å². The van der Waals surface area contributed by atoms with E-state index in [4.69, 9.17) is 11.6 Å². The summed E-state index contributed by atoms with van der Waals surface area (Å²) in [7, 11) is 0. The molecule has 0 N–H and O–H groups in total. The fourth-order valence-corrected chi connectivity index (χ4v) is 4.52. The summed E-state index contributed by atoms with van der Waals surface area (Å²) in [5, 5.41) is 0.810. The molecule has 0 amide bonds. The highest BCUT2D eigenvalue weighted by molar-refractivity contribution is 9.10. The van der Waals surface area contributed by atoms with Crippen LogP contribution < -0.4 is 0 Å². The van der Waals surface area contributed by atoms with Crippen LogP contribution in [0.4, 0.5) is 0 Å². The standard InChI is InChI=1S/C17H21BrClNO/c18-13-8-7-12(15(19)10-13)11-20-9-3-5-16(20)14-4-1-2-6-17(14)21/h7-8,10,14,16H,1-6,9,11H2. The number of carbonyl (C=O) groups is 1. The molecule has 1 aromatic carbocycles. The minimum absolute atomic E-state index is 0.260. The molecule has 3 rings (SSSR count). The first-order valence-electron chi connectivity index (χ1n) is 7.86. The highest BCUT2D eigenvalue weighted by Gasteiger charge is 2.36. The van der Waals surface area contributed by atoms with Crippen molar-refractivity contribution in [2.24, 2.45) is 5.92 Å². The van der Waals surface area contributed by atoms with Gasteiger partial charge in [0, 0.05) is 34.4 Å². The molecule has 4 heteroatoms. The molecule has 0 aromatic heterocycles. The van der Waals surface area contributed by atoms with Gasteiger partial charge in [0.1, 0.15) is 5.78 Å². The lowest BCUT2D eigenvalue weighted by Crippen LogP contribution is -2.40. The van der Waals surface area contributed by atoms with Crippen LogP contribution in [-0.4, -0.2) is 23.3 Å². The van der Waals surface area contributed by atoms with E-state index in [1.807, 2.05) is 12.1 Å². The van der Waals surface area contributed by atoms with Gasteiger partial charge in [-0.1, -0.05) is 40.0 Å². The molecule has 21 heavy (non-hydrogen) atoms. The van der Waals surface area contributed by atoms with Crippen LogP contribution in [0, 0.1) is 5.92 Å². The van der Waals surface area contributed by atoms with Gasteiger partial charge in [-0.05, 0) is 49.9 Å². The van der Waals surface area contributed by atoms with Crippen LogP contribution in [0.25, 0.3) is 0 Å². The Bertz CT molecular complexity index is 534. The van der Waals surface area contributed by atoms with Crippen LogP contribution >= 0.6 is 27.5 Å². The third kappa shape index (κ3) is 3.52. The average Bonchev–Trinajstić information content (AvgIpc) is 2.90. The minimum Gasteiger partial charge on any atom is -0.299 e. The van der Waals surface area contributed by atoms with Gasteiger partial charge in [0.05, 0.1) is 0 Å². The van der Waals surface area contributed by atoms with Crippen LogP contribution in [0.1, 0.15) is 44.1 Å². The van der Waals surface area contributed by atoms with E-state index in [2.05, 4.69) is 26.9 Å². The molecular formula is C17H21BrClNO. The smallest absolute Gasteiger partial charge is 0.137 e. The van der Waals surface area contributed by atoms with E-state index in [1.165, 1.54) is 12.8 Å². The summed E-state index contributed by atoms with van der Waals surface area (Å²) in [4.78, 5) is 14.7. The third-order valence-corrected chi connectivity index (χ3v) is 5.71. The molecule has 2 nitrogen and oxygen atoms in total. The highest BCUT2D eigenvalue weighted by Crippen LogP contribution is 2.34. The lowest BCUT2D eigenvalue weighted by atomic mass is 9.82. The summed E-state index contributed by atoms with van der Waals surface area (Å²) in [5.74, 6) is 0.746. The molecular weight excluding hydrogens is 350 g/mol. The van der Waals surface area contributed by atoms with Crippen LogP contribution in [0.2, 0.25) is 5.02 Å². The Morgan fingerprint density at radius 2 is 2.10 bits per heavy atom. The Hall–Kier alpha value is -0.380. The molecule has 1 saturated heterocycles. The molecule has 1 aromatic rings. The molecule has 2 aliphatic rings. The van der Waals surface area contributed by atoms with Gasteiger partial charge < -0.3 is 0 Å². The Morgan fingerprint density at radius 3 is 2.86 bits per heavy atom. The topological polar surface area (TPSA) is 20.3 Å². The number of rotatable bonds is 3. The molecule has 1 aliphatic heterocycles. The summed E-state index contributed by atoms with van der Waals surface area (Å²) < 4.78 is 1.01. The fourth-order valence-electron chi connectivity index (χ4n) is 3.79. The van der Waals surface area contributed by atoms with Gasteiger partial charge in [0.25, 0.3) is 0 Å². The summed E-state index contributed by atoms with van der Waals surface area (Å²) in [6.07, 6.45) is 6.51. The summed E-state index contributed by atoms with van der Waals surface area (Å²) >= 11 is 9.80. The quantitative estimate of drug-likeness (QED) is 0.760. The molecule has 2 unspecified atom stereocenters. The maximum Gasteiger partial charge on any atom is 0.137 e. The van der Waals surface area contributed by atoms with E-state index >= 15 is 0 Å². The van der Waals surface area contributed by atoms with Gasteiger partial charge in [-0.25, -0.2) is 0 Å². The Kier molecular flexibility index (Phi) is 5.03. The van der Waals surface area contributed by atoms with Crippen molar-refractivity contribution in [3.05, 3.63) is 33.3 Å². The zero-order valence-corrected chi connectivity index (χ0v) is 14.5. The van der Waals surface area contributed by atoms with Gasteiger partial charge in [0.2, 0.25) is 0 Å². The maximum atomic E-state index is 12.2. The second-order valence-electron chi connectivity index (χ2n) is 6.23. The van der Waals surface area contributed by atoms with Crippen LogP contribution in [0.5, 0.6) is 0 Å². The number of halogens is 2. The van der Waals surface area contributed by atoms with Gasteiger partial charge in [-0.2, -0.15) is 0 Å². The molecule has 1 saturated carbocycles. The summed E-state index contributed by atoms with van der Waals surface area (Å²) in [6.45, 7) is 1.95. The SMILES string of the molecule is O=C1CCCCC1C1CCCN1Cc1ccc(Br)cc1Cl. The van der Waals surface area contributed by atoms with Gasteiger partial charge in [-0.15, -0.1) is 0 Å². The minimum atomic E-state index is 0.260. The average molecular weight is 371 g/mol. The Balaban J connectivity index is 1.73. The number of nitrogens with zero attached hydrogens (tertiary/aromatic N) is 1. The maximum absolute atomic E-state index is 12.2. The second-order valence-corrected chi connectivity index (χ2v) is 7.56. The molecule has 114 valence electrons. The number of Topliss-reactive ketones (excluding diaryl/α,β-unsaturated/α-hetero) is 1. The zero-order valence-electron chi connectivity index (χ0n) is 12.2. The van der Waals surface area contributed by atoms with Gasteiger partial charge >= 0.3 is 0 Å². The lowest BCUT2D eigenvalue weighted by molar-refractivity contribution is -0.126. The van der Waals surface area contributed by atoms with E-state index in [0.29, 0.717) is 11.8 Å². The largest absolute Gasteiger partial charge is 0.299 e. The monoisotopic (exact) mass is 369 g/mol. The van der Waals surface area contributed by atoms with Crippen molar-refractivity contribution >= 4 is 33.3 Å². The predicted molar refractivity (Wildman–Crippen MR) is 89.5 cm³/mol. The van der Waals surface area contributed by atoms with Crippen molar-refractivity contribution < 1.29 is 4.79 Å². The molecule has 0 bridgehead atoms. The predicted octanol–water partition coefficient (Wildman–Crippen LogP) is 4.83. The number of ketones is 1. The summed E-state index contributed by atoms with van der Waals surface area (Å²) in [5.41, 5.74) is 1.16. The third-order valence-electron chi connectivity index (χ3n) is 4.87. The second kappa shape index (κ2) is 6.80. The summed E-state index contributed by atoms with van der Waals surface area (Å²) in [6, 6.07) is 6.51. The molecule has 0 radical (unpaired) electrons. The normalized spacial score (nSPS) is 27.2. The van der Waals surface area contributed by atoms with Crippen LogP contribution in [0.3, 0.4) is 0 Å². The number of hydrogen-bond donors (Lipinski definition) is 0. The first kappa shape index (κ1) is 15.5. The van der Waals surface area contributed by atoms with E-state index in [1.54, 1.807) is 0 Å².